The number of nitrogens with one attached hydrogen (secondary N) is 1. The normalized spacial score (nSPS) is 11.4. The van der Waals surface area contributed by atoms with Crippen LogP contribution in [0.2, 0.25) is 0 Å². The second-order valence-corrected chi connectivity index (χ2v) is 10.7. The van der Waals surface area contributed by atoms with E-state index in [0.29, 0.717) is 32.5 Å². The lowest BCUT2D eigenvalue weighted by Crippen LogP contribution is -2.17. The highest BCUT2D eigenvalue weighted by Gasteiger charge is 2.13. The van der Waals surface area contributed by atoms with Crippen molar-refractivity contribution in [3.63, 3.8) is 0 Å². The average molecular weight is 581 g/mol. The second-order valence-electron chi connectivity index (χ2n) is 10.7. The van der Waals surface area contributed by atoms with E-state index >= 15 is 0 Å². The fourth-order valence-corrected chi connectivity index (χ4v) is 5.30. The standard InChI is InChI=1S/C36H40N2O5/c1-25-21-26(2)36(27(3)22-25)43-20-6-5-19-42-31-17-14-28(15-18-31)13-16-29-9-7-11-32-30(10-8-12-33(39)37-4)23-38(35(29)32)24-34(40)41/h5-7,9,11,13-18,21-23H,8,10,12,19-20,24H2,1-4H3,(H,37,39)(H,40,41)/b6-5+,16-13+. The molecule has 0 saturated heterocycles. The molecule has 0 unspecified atom stereocenters. The van der Waals surface area contributed by atoms with Crippen LogP contribution in [0.25, 0.3) is 23.1 Å². The third-order valence-electron chi connectivity index (χ3n) is 7.22. The molecular formula is C36H40N2O5. The summed E-state index contributed by atoms with van der Waals surface area (Å²) in [6, 6.07) is 18.1. The first-order valence-corrected chi connectivity index (χ1v) is 14.5. The number of para-hydroxylation sites is 1. The Morgan fingerprint density at radius 2 is 1.63 bits per heavy atom. The number of aliphatic carboxylic acids is 1. The quantitative estimate of drug-likeness (QED) is 0.125. The number of carboxylic acid groups (broad SMARTS) is 1. The van der Waals surface area contributed by atoms with E-state index in [1.807, 2.05) is 73.0 Å². The molecule has 2 N–H and O–H groups in total. The second kappa shape index (κ2) is 14.9. The van der Waals surface area contributed by atoms with Gasteiger partial charge in [-0.1, -0.05) is 60.2 Å². The topological polar surface area (TPSA) is 89.8 Å². The lowest BCUT2D eigenvalue weighted by molar-refractivity contribution is -0.137. The molecule has 0 aliphatic heterocycles. The Labute approximate surface area is 253 Å². The van der Waals surface area contributed by atoms with Crippen LogP contribution in [0.5, 0.6) is 11.5 Å². The molecule has 0 bridgehead atoms. The summed E-state index contributed by atoms with van der Waals surface area (Å²) in [5.74, 6) is 0.803. The van der Waals surface area contributed by atoms with Crippen molar-refractivity contribution < 1.29 is 24.2 Å². The van der Waals surface area contributed by atoms with E-state index in [-0.39, 0.29) is 12.5 Å². The number of carbonyl (C=O) groups is 2. The van der Waals surface area contributed by atoms with Gasteiger partial charge in [0.1, 0.15) is 31.3 Å². The minimum Gasteiger partial charge on any atom is -0.490 e. The maximum absolute atomic E-state index is 11.7. The van der Waals surface area contributed by atoms with Gasteiger partial charge in [0.05, 0.1) is 5.52 Å². The number of carbonyl (C=O) groups excluding carboxylic acids is 1. The van der Waals surface area contributed by atoms with Crippen molar-refractivity contribution in [2.45, 2.75) is 46.6 Å². The number of aromatic nitrogens is 1. The number of aryl methyl sites for hydroxylation is 4. The van der Waals surface area contributed by atoms with Gasteiger partial charge in [0.2, 0.25) is 5.91 Å². The molecule has 0 fully saturated rings. The maximum Gasteiger partial charge on any atom is 0.323 e. The highest BCUT2D eigenvalue weighted by Crippen LogP contribution is 2.28. The van der Waals surface area contributed by atoms with Gasteiger partial charge in [-0.2, -0.15) is 0 Å². The number of ether oxygens (including phenoxy) is 2. The van der Waals surface area contributed by atoms with Crippen molar-refractivity contribution in [1.82, 2.24) is 9.88 Å². The molecule has 0 saturated carbocycles. The molecule has 0 spiro atoms. The SMILES string of the molecule is CNC(=O)CCCc1cn(CC(=O)O)c2c(/C=C/c3ccc(OC/C=C/COc4c(C)cc(C)cc4C)cc3)cccc12. The monoisotopic (exact) mass is 580 g/mol. The molecule has 7 nitrogen and oxygen atoms in total. The molecule has 0 radical (unpaired) electrons. The molecule has 224 valence electrons. The number of hydrogen-bond acceptors (Lipinski definition) is 4. The van der Waals surface area contributed by atoms with E-state index in [0.717, 1.165) is 50.2 Å². The number of rotatable bonds is 14. The number of fused-ring (bicyclic) bond motifs is 1. The van der Waals surface area contributed by atoms with Crippen LogP contribution in [-0.4, -0.2) is 41.8 Å². The Kier molecular flexibility index (Phi) is 10.8. The van der Waals surface area contributed by atoms with Gasteiger partial charge in [0, 0.05) is 25.1 Å². The van der Waals surface area contributed by atoms with E-state index < -0.39 is 5.97 Å². The van der Waals surface area contributed by atoms with Crippen LogP contribution in [0.3, 0.4) is 0 Å². The Balaban J connectivity index is 1.37. The lowest BCUT2D eigenvalue weighted by atomic mass is 10.0. The molecule has 0 atom stereocenters. The fourth-order valence-electron chi connectivity index (χ4n) is 5.30. The summed E-state index contributed by atoms with van der Waals surface area (Å²) in [6.45, 7) is 7.01. The zero-order chi connectivity index (χ0) is 30.8. The fraction of sp³-hybridized carbons (Fsp3) is 0.278. The predicted molar refractivity (Wildman–Crippen MR) is 173 cm³/mol. The van der Waals surface area contributed by atoms with Crippen molar-refractivity contribution in [2.24, 2.45) is 0 Å². The van der Waals surface area contributed by atoms with Gasteiger partial charge < -0.3 is 24.5 Å². The van der Waals surface area contributed by atoms with E-state index in [1.165, 1.54) is 5.56 Å². The maximum atomic E-state index is 11.7. The van der Waals surface area contributed by atoms with E-state index in [9.17, 15) is 14.7 Å². The van der Waals surface area contributed by atoms with Crippen LogP contribution in [-0.2, 0) is 22.6 Å². The summed E-state index contributed by atoms with van der Waals surface area (Å²) in [4.78, 5) is 23.2. The molecule has 0 aliphatic rings. The highest BCUT2D eigenvalue weighted by molar-refractivity contribution is 5.94. The number of amides is 1. The number of hydrogen-bond donors (Lipinski definition) is 2. The van der Waals surface area contributed by atoms with Gasteiger partial charge in [-0.05, 0) is 85.7 Å². The molecule has 1 amide bonds. The third-order valence-corrected chi connectivity index (χ3v) is 7.22. The average Bonchev–Trinajstić information content (AvgIpc) is 3.32. The van der Waals surface area contributed by atoms with Crippen molar-refractivity contribution >= 4 is 34.9 Å². The summed E-state index contributed by atoms with van der Waals surface area (Å²) >= 11 is 0. The first kappa shape index (κ1) is 31.2. The van der Waals surface area contributed by atoms with Crippen LogP contribution in [0, 0.1) is 20.8 Å². The van der Waals surface area contributed by atoms with Crippen LogP contribution in [0.15, 0.2) is 72.9 Å². The zero-order valence-electron chi connectivity index (χ0n) is 25.4. The summed E-state index contributed by atoms with van der Waals surface area (Å²) in [5.41, 5.74) is 7.36. The first-order valence-electron chi connectivity index (χ1n) is 14.5. The van der Waals surface area contributed by atoms with Crippen molar-refractivity contribution in [3.8, 4) is 11.5 Å². The number of nitrogens with zero attached hydrogens (tertiary/aromatic N) is 1. The summed E-state index contributed by atoms with van der Waals surface area (Å²) in [6.07, 6.45) is 11.6. The smallest absolute Gasteiger partial charge is 0.323 e. The van der Waals surface area contributed by atoms with Crippen molar-refractivity contribution in [1.29, 1.82) is 0 Å². The van der Waals surface area contributed by atoms with Crippen LogP contribution >= 0.6 is 0 Å². The molecular weight excluding hydrogens is 540 g/mol. The molecule has 3 aromatic carbocycles. The van der Waals surface area contributed by atoms with E-state index in [2.05, 4.69) is 38.2 Å². The zero-order valence-corrected chi connectivity index (χ0v) is 25.4. The molecule has 1 aromatic heterocycles. The molecule has 7 heteroatoms. The minimum atomic E-state index is -0.901. The Morgan fingerprint density at radius 1 is 0.930 bits per heavy atom. The van der Waals surface area contributed by atoms with Gasteiger partial charge in [0.15, 0.2) is 0 Å². The summed E-state index contributed by atoms with van der Waals surface area (Å²) < 4.78 is 13.6. The Hall–Kier alpha value is -4.78. The number of carboxylic acids is 1. The van der Waals surface area contributed by atoms with Crippen LogP contribution in [0.1, 0.15) is 46.2 Å². The van der Waals surface area contributed by atoms with Gasteiger partial charge in [-0.15, -0.1) is 0 Å². The van der Waals surface area contributed by atoms with Gasteiger partial charge in [-0.25, -0.2) is 0 Å². The lowest BCUT2D eigenvalue weighted by Gasteiger charge is -2.11. The summed E-state index contributed by atoms with van der Waals surface area (Å²) in [5, 5.41) is 13.2. The largest absolute Gasteiger partial charge is 0.490 e. The highest BCUT2D eigenvalue weighted by atomic mass is 16.5. The van der Waals surface area contributed by atoms with Gasteiger partial charge >= 0.3 is 5.97 Å². The molecule has 4 aromatic rings. The van der Waals surface area contributed by atoms with Gasteiger partial charge in [-0.3, -0.25) is 9.59 Å². The minimum absolute atomic E-state index is 0.000564. The first-order chi connectivity index (χ1) is 20.7. The van der Waals surface area contributed by atoms with Gasteiger partial charge in [0.25, 0.3) is 0 Å². The van der Waals surface area contributed by atoms with Crippen LogP contribution < -0.4 is 14.8 Å². The molecule has 43 heavy (non-hydrogen) atoms. The molecule has 0 aliphatic carbocycles. The van der Waals surface area contributed by atoms with E-state index in [4.69, 9.17) is 9.47 Å². The Morgan fingerprint density at radius 3 is 2.30 bits per heavy atom. The molecule has 4 rings (SSSR count). The number of benzene rings is 3. The van der Waals surface area contributed by atoms with E-state index in [1.54, 1.807) is 11.6 Å². The predicted octanol–water partition coefficient (Wildman–Crippen LogP) is 6.90. The van der Waals surface area contributed by atoms with Crippen LogP contribution in [0.4, 0.5) is 0 Å². The van der Waals surface area contributed by atoms with Crippen molar-refractivity contribution in [2.75, 3.05) is 20.3 Å². The molecule has 1 heterocycles. The Bertz CT molecular complexity index is 1610. The van der Waals surface area contributed by atoms with Crippen molar-refractivity contribution in [3.05, 3.63) is 106 Å². The third kappa shape index (κ3) is 8.61. The summed E-state index contributed by atoms with van der Waals surface area (Å²) in [7, 11) is 1.63.